The molecule has 3 nitrogen and oxygen atoms in total. The van der Waals surface area contributed by atoms with Crippen molar-refractivity contribution in [3.63, 3.8) is 0 Å². The summed E-state index contributed by atoms with van der Waals surface area (Å²) < 4.78 is 11.8. The molecule has 4 heteroatoms. The number of hydrogen-bond acceptors (Lipinski definition) is 3. The van der Waals surface area contributed by atoms with Gasteiger partial charge in [-0.05, 0) is 59.2 Å². The van der Waals surface area contributed by atoms with Gasteiger partial charge in [0.25, 0.3) is 0 Å². The molecular formula is C15H22BNO2. The van der Waals surface area contributed by atoms with E-state index in [0.29, 0.717) is 0 Å². The van der Waals surface area contributed by atoms with Crippen LogP contribution in [0.2, 0.25) is 0 Å². The molecule has 2 rings (SSSR count). The normalized spacial score (nSPS) is 21.3. The Labute approximate surface area is 116 Å². The predicted octanol–water partition coefficient (Wildman–Crippen LogP) is 3.34. The van der Waals surface area contributed by atoms with Crippen molar-refractivity contribution in [2.24, 2.45) is 0 Å². The van der Waals surface area contributed by atoms with Crippen LogP contribution in [0.5, 0.6) is 0 Å². The van der Waals surface area contributed by atoms with Crippen molar-refractivity contribution in [2.75, 3.05) is 0 Å². The lowest BCUT2D eigenvalue weighted by Crippen LogP contribution is -2.41. The summed E-state index contributed by atoms with van der Waals surface area (Å²) in [6.07, 6.45) is 1.98. The maximum atomic E-state index is 5.92. The van der Waals surface area contributed by atoms with Crippen LogP contribution in [-0.2, 0) is 9.31 Å². The van der Waals surface area contributed by atoms with E-state index in [0.717, 1.165) is 17.0 Å². The summed E-state index contributed by atoms with van der Waals surface area (Å²) in [5.41, 5.74) is 2.54. The molecule has 19 heavy (non-hydrogen) atoms. The van der Waals surface area contributed by atoms with Crippen molar-refractivity contribution >= 4 is 13.2 Å². The molecule has 1 fully saturated rings. The third kappa shape index (κ3) is 2.90. The first kappa shape index (κ1) is 14.3. The van der Waals surface area contributed by atoms with Crippen molar-refractivity contribution in [3.05, 3.63) is 35.1 Å². The third-order valence-corrected chi connectivity index (χ3v) is 3.96. The Bertz CT molecular complexity index is 493. The maximum Gasteiger partial charge on any atom is 0.487 e. The fraction of sp³-hybridized carbons (Fsp3) is 0.533. The van der Waals surface area contributed by atoms with Crippen molar-refractivity contribution < 1.29 is 9.31 Å². The summed E-state index contributed by atoms with van der Waals surface area (Å²) in [7, 11) is -0.313. The lowest BCUT2D eigenvalue weighted by atomic mass is 9.89. The first-order chi connectivity index (χ1) is 8.71. The lowest BCUT2D eigenvalue weighted by Gasteiger charge is -2.32. The molecule has 1 aromatic heterocycles. The highest BCUT2D eigenvalue weighted by Crippen LogP contribution is 2.37. The van der Waals surface area contributed by atoms with Crippen LogP contribution < -0.4 is 0 Å². The highest BCUT2D eigenvalue weighted by molar-refractivity contribution is 6.52. The van der Waals surface area contributed by atoms with Gasteiger partial charge < -0.3 is 9.31 Å². The van der Waals surface area contributed by atoms with Crippen LogP contribution in [0.3, 0.4) is 0 Å². The fourth-order valence-corrected chi connectivity index (χ4v) is 1.95. The molecule has 0 aliphatic carbocycles. The second kappa shape index (κ2) is 4.76. The number of pyridine rings is 1. The van der Waals surface area contributed by atoms with Crippen LogP contribution in [0.15, 0.2) is 18.1 Å². The zero-order chi connectivity index (χ0) is 14.3. The molecule has 0 aromatic carbocycles. The Hall–Kier alpha value is -1.13. The van der Waals surface area contributed by atoms with Gasteiger partial charge in [-0.3, -0.25) is 4.98 Å². The van der Waals surface area contributed by atoms with E-state index in [4.69, 9.17) is 9.31 Å². The Kier molecular flexibility index (Phi) is 3.58. The first-order valence-electron chi connectivity index (χ1n) is 6.69. The van der Waals surface area contributed by atoms with E-state index in [1.807, 2.05) is 25.0 Å². The molecule has 0 unspecified atom stereocenters. The molecule has 0 spiro atoms. The van der Waals surface area contributed by atoms with E-state index in [1.54, 1.807) is 0 Å². The minimum atomic E-state index is -0.313. The van der Waals surface area contributed by atoms with Gasteiger partial charge in [-0.25, -0.2) is 0 Å². The van der Waals surface area contributed by atoms with Crippen molar-refractivity contribution in [2.45, 2.75) is 52.7 Å². The predicted molar refractivity (Wildman–Crippen MR) is 78.8 cm³/mol. The zero-order valence-corrected chi connectivity index (χ0v) is 12.7. The average Bonchev–Trinajstić information content (AvgIpc) is 2.49. The minimum Gasteiger partial charge on any atom is -0.400 e. The second-order valence-electron chi connectivity index (χ2n) is 6.14. The van der Waals surface area contributed by atoms with Crippen LogP contribution in [0, 0.1) is 13.8 Å². The molecular weight excluding hydrogens is 237 g/mol. The Morgan fingerprint density at radius 3 is 2.21 bits per heavy atom. The van der Waals surface area contributed by atoms with Crippen LogP contribution in [0.4, 0.5) is 0 Å². The van der Waals surface area contributed by atoms with E-state index in [1.165, 1.54) is 0 Å². The zero-order valence-electron chi connectivity index (χ0n) is 12.7. The molecule has 0 amide bonds. The highest BCUT2D eigenvalue weighted by atomic mass is 16.7. The van der Waals surface area contributed by atoms with E-state index in [-0.39, 0.29) is 18.3 Å². The molecule has 0 saturated carbocycles. The molecule has 1 saturated heterocycles. The monoisotopic (exact) mass is 259 g/mol. The third-order valence-electron chi connectivity index (χ3n) is 3.96. The van der Waals surface area contributed by atoms with Gasteiger partial charge in [0.05, 0.1) is 16.9 Å². The quantitative estimate of drug-likeness (QED) is 0.763. The number of aryl methyl sites for hydroxylation is 2. The van der Waals surface area contributed by atoms with Gasteiger partial charge in [-0.15, -0.1) is 0 Å². The van der Waals surface area contributed by atoms with Gasteiger partial charge in [0, 0.05) is 5.69 Å². The van der Waals surface area contributed by atoms with Gasteiger partial charge in [-0.2, -0.15) is 0 Å². The smallest absolute Gasteiger partial charge is 0.400 e. The van der Waals surface area contributed by atoms with Gasteiger partial charge in [0.15, 0.2) is 0 Å². The SMILES string of the molecule is Cc1ccc(C)c(/C=C/B2OC(C)(C)C(C)(C)O2)n1. The summed E-state index contributed by atoms with van der Waals surface area (Å²) in [4.78, 5) is 4.51. The van der Waals surface area contributed by atoms with Gasteiger partial charge in [0.1, 0.15) is 0 Å². The van der Waals surface area contributed by atoms with E-state index in [2.05, 4.69) is 45.7 Å². The molecule has 0 atom stereocenters. The molecule has 102 valence electrons. The van der Waals surface area contributed by atoms with Crippen LogP contribution >= 0.6 is 0 Å². The molecule has 2 heterocycles. The molecule has 0 bridgehead atoms. The topological polar surface area (TPSA) is 31.4 Å². The van der Waals surface area contributed by atoms with Crippen molar-refractivity contribution in [1.82, 2.24) is 4.98 Å². The van der Waals surface area contributed by atoms with E-state index >= 15 is 0 Å². The molecule has 1 aliphatic rings. The largest absolute Gasteiger partial charge is 0.487 e. The molecule has 1 aliphatic heterocycles. The highest BCUT2D eigenvalue weighted by Gasteiger charge is 2.49. The Morgan fingerprint density at radius 1 is 1.05 bits per heavy atom. The van der Waals surface area contributed by atoms with Crippen molar-refractivity contribution in [3.8, 4) is 0 Å². The fourth-order valence-electron chi connectivity index (χ4n) is 1.95. The average molecular weight is 259 g/mol. The molecule has 0 N–H and O–H groups in total. The maximum absolute atomic E-state index is 5.92. The van der Waals surface area contributed by atoms with Crippen LogP contribution in [0.1, 0.15) is 44.6 Å². The summed E-state index contributed by atoms with van der Waals surface area (Å²) in [6.45, 7) is 12.3. The number of hydrogen-bond donors (Lipinski definition) is 0. The number of nitrogens with zero attached hydrogens (tertiary/aromatic N) is 1. The van der Waals surface area contributed by atoms with Gasteiger partial charge in [0.2, 0.25) is 0 Å². The minimum absolute atomic E-state index is 0.295. The van der Waals surface area contributed by atoms with Crippen LogP contribution in [-0.4, -0.2) is 23.3 Å². The van der Waals surface area contributed by atoms with Gasteiger partial charge >= 0.3 is 7.12 Å². The number of aromatic nitrogens is 1. The Balaban J connectivity index is 2.15. The summed E-state index contributed by atoms with van der Waals surface area (Å²) in [6, 6.07) is 4.09. The molecule has 0 radical (unpaired) electrons. The molecule has 1 aromatic rings. The number of rotatable bonds is 2. The lowest BCUT2D eigenvalue weighted by molar-refractivity contribution is 0.00578. The summed E-state index contributed by atoms with van der Waals surface area (Å²) in [5.74, 6) is 1.94. The van der Waals surface area contributed by atoms with Crippen LogP contribution in [0.25, 0.3) is 6.08 Å². The Morgan fingerprint density at radius 2 is 1.63 bits per heavy atom. The summed E-state index contributed by atoms with van der Waals surface area (Å²) in [5, 5.41) is 0. The summed E-state index contributed by atoms with van der Waals surface area (Å²) >= 11 is 0. The first-order valence-corrected chi connectivity index (χ1v) is 6.69. The van der Waals surface area contributed by atoms with E-state index in [9.17, 15) is 0 Å². The standard InChI is InChI=1S/C15H22BNO2/c1-11-7-8-12(2)17-13(11)9-10-16-18-14(3,4)15(5,6)19-16/h7-10H,1-6H3/b10-9+. The van der Waals surface area contributed by atoms with Crippen molar-refractivity contribution in [1.29, 1.82) is 0 Å². The van der Waals surface area contributed by atoms with E-state index < -0.39 is 0 Å². The second-order valence-corrected chi connectivity index (χ2v) is 6.14. The van der Waals surface area contributed by atoms with Gasteiger partial charge in [-0.1, -0.05) is 12.0 Å².